The summed E-state index contributed by atoms with van der Waals surface area (Å²) in [7, 11) is 1.34. The Hall–Kier alpha value is -3.69. The van der Waals surface area contributed by atoms with E-state index in [0.717, 1.165) is 18.2 Å². The van der Waals surface area contributed by atoms with Crippen LogP contribution in [0.2, 0.25) is 0 Å². The zero-order chi connectivity index (χ0) is 25.0. The molecule has 3 aromatic rings. The molecule has 1 heterocycles. The van der Waals surface area contributed by atoms with Crippen LogP contribution in [0.5, 0.6) is 5.75 Å². The van der Waals surface area contributed by atoms with Crippen LogP contribution in [0.1, 0.15) is 52.9 Å². The average Bonchev–Trinajstić information content (AvgIpc) is 2.76. The van der Waals surface area contributed by atoms with E-state index in [0.29, 0.717) is 11.1 Å². The first kappa shape index (κ1) is 24.9. The number of ether oxygens (including phenoxy) is 1. The van der Waals surface area contributed by atoms with Crippen LogP contribution < -0.4 is 15.6 Å². The molecule has 1 atom stereocenters. The summed E-state index contributed by atoms with van der Waals surface area (Å²) in [4.78, 5) is 31.7. The number of methoxy groups -OCH3 is 1. The highest BCUT2D eigenvalue weighted by Gasteiger charge is 2.30. The third kappa shape index (κ3) is 6.00. The van der Waals surface area contributed by atoms with Crippen molar-refractivity contribution in [2.75, 3.05) is 7.11 Å². The summed E-state index contributed by atoms with van der Waals surface area (Å²) in [6.45, 7) is 3.61. The Morgan fingerprint density at radius 3 is 2.35 bits per heavy atom. The van der Waals surface area contributed by atoms with E-state index >= 15 is 0 Å². The molecule has 1 amide bonds. The van der Waals surface area contributed by atoms with Gasteiger partial charge in [0.15, 0.2) is 11.6 Å². The molecule has 0 spiro atoms. The molecule has 0 saturated heterocycles. The Morgan fingerprint density at radius 2 is 1.79 bits per heavy atom. The van der Waals surface area contributed by atoms with Crippen molar-refractivity contribution in [1.82, 2.24) is 15.3 Å². The topological polar surface area (TPSA) is 84.1 Å². The average molecular weight is 477 g/mol. The maximum Gasteiger partial charge on any atom is 0.416 e. The van der Waals surface area contributed by atoms with Gasteiger partial charge < -0.3 is 15.0 Å². The summed E-state index contributed by atoms with van der Waals surface area (Å²) in [5.41, 5.74) is -0.537. The lowest BCUT2D eigenvalue weighted by atomic mass is 9.95. The van der Waals surface area contributed by atoms with Crippen LogP contribution in [-0.2, 0) is 12.6 Å². The largest absolute Gasteiger partial charge is 0.494 e. The molecule has 2 N–H and O–H groups in total. The second-order valence-electron chi connectivity index (χ2n) is 8.04. The van der Waals surface area contributed by atoms with Gasteiger partial charge in [-0.25, -0.2) is 9.37 Å². The van der Waals surface area contributed by atoms with Crippen LogP contribution in [0.25, 0.3) is 0 Å². The highest BCUT2D eigenvalue weighted by molar-refractivity contribution is 5.92. The fourth-order valence-corrected chi connectivity index (χ4v) is 3.45. The Kier molecular flexibility index (Phi) is 7.38. The van der Waals surface area contributed by atoms with Gasteiger partial charge in [0.2, 0.25) is 0 Å². The van der Waals surface area contributed by atoms with E-state index in [9.17, 15) is 27.2 Å². The predicted molar refractivity (Wildman–Crippen MR) is 117 cm³/mol. The molecule has 6 nitrogen and oxygen atoms in total. The predicted octanol–water partition coefficient (Wildman–Crippen LogP) is 4.65. The van der Waals surface area contributed by atoms with Gasteiger partial charge in [-0.05, 0) is 41.3 Å². The molecule has 0 aliphatic carbocycles. The third-order valence-electron chi connectivity index (χ3n) is 5.16. The molecular weight excluding hydrogens is 454 g/mol. The van der Waals surface area contributed by atoms with E-state index in [1.54, 1.807) is 19.9 Å². The van der Waals surface area contributed by atoms with E-state index in [1.807, 2.05) is 0 Å². The molecule has 3 rings (SSSR count). The first-order valence-electron chi connectivity index (χ1n) is 10.4. The number of aromatic amines is 1. The van der Waals surface area contributed by atoms with Gasteiger partial charge in [0.25, 0.3) is 11.5 Å². The quantitative estimate of drug-likeness (QED) is 0.485. The minimum absolute atomic E-state index is 0.0593. The first-order chi connectivity index (χ1) is 16.0. The van der Waals surface area contributed by atoms with Crippen LogP contribution >= 0.6 is 0 Å². The number of H-pyrrole nitrogens is 1. The second-order valence-corrected chi connectivity index (χ2v) is 8.04. The lowest BCUT2D eigenvalue weighted by Crippen LogP contribution is -2.33. The fraction of sp³-hybridized carbons (Fsp3) is 0.292. The summed E-state index contributed by atoms with van der Waals surface area (Å²) in [6, 6.07) is 9.22. The second kappa shape index (κ2) is 10.1. The number of nitrogens with zero attached hydrogens (tertiary/aromatic N) is 1. The number of halogens is 4. The zero-order valence-electron chi connectivity index (χ0n) is 18.7. The molecule has 2 aromatic carbocycles. The number of benzene rings is 2. The van der Waals surface area contributed by atoms with Crippen molar-refractivity contribution in [1.29, 1.82) is 0 Å². The van der Waals surface area contributed by atoms with Gasteiger partial charge in [-0.3, -0.25) is 9.59 Å². The van der Waals surface area contributed by atoms with Crippen molar-refractivity contribution in [3.8, 4) is 5.75 Å². The highest BCUT2D eigenvalue weighted by Crippen LogP contribution is 2.31. The number of rotatable bonds is 7. The Balaban J connectivity index is 1.82. The van der Waals surface area contributed by atoms with Crippen molar-refractivity contribution in [2.45, 2.75) is 32.5 Å². The summed E-state index contributed by atoms with van der Waals surface area (Å²) in [5, 5.41) is 2.74. The minimum atomic E-state index is -4.46. The lowest BCUT2D eigenvalue weighted by molar-refractivity contribution is -0.137. The van der Waals surface area contributed by atoms with Crippen molar-refractivity contribution < 1.29 is 27.1 Å². The van der Waals surface area contributed by atoms with Gasteiger partial charge in [-0.1, -0.05) is 32.0 Å². The molecular formula is C24H23F4N3O3. The molecule has 0 bridgehead atoms. The van der Waals surface area contributed by atoms with E-state index in [4.69, 9.17) is 4.74 Å². The molecule has 180 valence electrons. The van der Waals surface area contributed by atoms with E-state index in [2.05, 4.69) is 15.3 Å². The van der Waals surface area contributed by atoms with E-state index < -0.39 is 35.1 Å². The smallest absolute Gasteiger partial charge is 0.416 e. The van der Waals surface area contributed by atoms with Crippen LogP contribution in [0.4, 0.5) is 17.6 Å². The molecule has 0 aliphatic rings. The van der Waals surface area contributed by atoms with E-state index in [1.165, 1.54) is 31.4 Å². The molecule has 0 fully saturated rings. The van der Waals surface area contributed by atoms with Crippen LogP contribution in [-0.4, -0.2) is 23.0 Å². The van der Waals surface area contributed by atoms with Crippen molar-refractivity contribution >= 4 is 5.91 Å². The van der Waals surface area contributed by atoms with Crippen molar-refractivity contribution in [3.05, 3.63) is 92.9 Å². The van der Waals surface area contributed by atoms with Crippen LogP contribution in [0, 0.1) is 11.7 Å². The molecule has 0 radical (unpaired) electrons. The molecule has 10 heteroatoms. The van der Waals surface area contributed by atoms with Gasteiger partial charge in [-0.2, -0.15) is 13.2 Å². The normalized spacial score (nSPS) is 12.5. The van der Waals surface area contributed by atoms with Crippen molar-refractivity contribution in [2.24, 2.45) is 5.92 Å². The number of amides is 1. The van der Waals surface area contributed by atoms with Crippen LogP contribution in [0.15, 0.2) is 53.3 Å². The first-order valence-corrected chi connectivity index (χ1v) is 10.4. The number of aromatic nitrogens is 2. The third-order valence-corrected chi connectivity index (χ3v) is 5.16. The molecule has 1 unspecified atom stereocenters. The minimum Gasteiger partial charge on any atom is -0.494 e. The molecule has 1 aromatic heterocycles. The van der Waals surface area contributed by atoms with Gasteiger partial charge in [-0.15, -0.1) is 0 Å². The Labute approximate surface area is 193 Å². The summed E-state index contributed by atoms with van der Waals surface area (Å²) >= 11 is 0. The summed E-state index contributed by atoms with van der Waals surface area (Å²) < 4.78 is 57.4. The lowest BCUT2D eigenvalue weighted by Gasteiger charge is -2.23. The van der Waals surface area contributed by atoms with Crippen LogP contribution in [0.3, 0.4) is 0 Å². The Bertz CT molecular complexity index is 1220. The number of carbonyl (C=O) groups excluding carboxylic acids is 1. The highest BCUT2D eigenvalue weighted by atomic mass is 19.4. The summed E-state index contributed by atoms with van der Waals surface area (Å²) in [5.74, 6) is -1.18. The maximum absolute atomic E-state index is 14.0. The zero-order valence-corrected chi connectivity index (χ0v) is 18.7. The number of hydrogen-bond acceptors (Lipinski definition) is 4. The number of alkyl halides is 3. The fourth-order valence-electron chi connectivity index (χ4n) is 3.45. The maximum atomic E-state index is 14.0. The summed E-state index contributed by atoms with van der Waals surface area (Å²) in [6.07, 6.45) is -4.41. The number of hydrogen-bond donors (Lipinski definition) is 2. The molecule has 34 heavy (non-hydrogen) atoms. The monoisotopic (exact) mass is 477 g/mol. The van der Waals surface area contributed by atoms with E-state index in [-0.39, 0.29) is 29.6 Å². The van der Waals surface area contributed by atoms with Crippen molar-refractivity contribution in [3.63, 3.8) is 0 Å². The number of carbonyl (C=O) groups is 1. The van der Waals surface area contributed by atoms with Gasteiger partial charge in [0.05, 0.1) is 18.7 Å². The molecule has 0 saturated carbocycles. The standard InChI is InChI=1S/C24H23F4N3O3/c1-13(2)22(15-5-7-16(8-6-15)24(26,27)28)31-23(33)18-12-21(32)30-20(29-18)11-14-4-9-19(34-3)17(25)10-14/h4-10,12-13,22H,11H2,1-3H3,(H,31,33)(H,29,30,32). The Morgan fingerprint density at radius 1 is 1.12 bits per heavy atom. The number of nitrogens with one attached hydrogen (secondary N) is 2. The van der Waals surface area contributed by atoms with Gasteiger partial charge in [0.1, 0.15) is 11.5 Å². The SMILES string of the molecule is COc1ccc(Cc2nc(C(=O)NC(c3ccc(C(F)(F)F)cc3)C(C)C)cc(=O)[nH]2)cc1F. The van der Waals surface area contributed by atoms with Gasteiger partial charge in [0, 0.05) is 12.5 Å². The molecule has 0 aliphatic heterocycles. The van der Waals surface area contributed by atoms with Gasteiger partial charge >= 0.3 is 6.18 Å².